The van der Waals surface area contributed by atoms with Gasteiger partial charge in [-0.2, -0.15) is 9.65 Å². The predicted octanol–water partition coefficient (Wildman–Crippen LogP) is 3.63. The molecule has 0 atom stereocenters. The van der Waals surface area contributed by atoms with Gasteiger partial charge in [-0.1, -0.05) is 0 Å². The van der Waals surface area contributed by atoms with Gasteiger partial charge in [-0.3, -0.25) is 10.8 Å². The van der Waals surface area contributed by atoms with Gasteiger partial charge in [0, 0.05) is 43.4 Å². The van der Waals surface area contributed by atoms with Crippen molar-refractivity contribution in [2.75, 3.05) is 25.0 Å². The molecule has 0 amide bonds. The molecule has 8 heteroatoms. The van der Waals surface area contributed by atoms with Crippen molar-refractivity contribution in [2.45, 2.75) is 12.8 Å². The second-order valence-corrected chi connectivity index (χ2v) is 6.69. The number of hydrogen-bond acceptors (Lipinski definition) is 5. The first kappa shape index (κ1) is 19.4. The monoisotopic (exact) mass is 382 g/mol. The molecule has 0 spiro atoms. The molecule has 2 heterocycles. The smallest absolute Gasteiger partial charge is 0.212 e. The average molecular weight is 382 g/mol. The zero-order chi connectivity index (χ0) is 20.3. The van der Waals surface area contributed by atoms with Gasteiger partial charge in [0.2, 0.25) is 5.95 Å². The summed E-state index contributed by atoms with van der Waals surface area (Å²) in [5, 5.41) is 25.0. The molecule has 144 valence electrons. The summed E-state index contributed by atoms with van der Waals surface area (Å²) in [5.74, 6) is -0.840. The third-order valence-electron chi connectivity index (χ3n) is 5.05. The summed E-state index contributed by atoms with van der Waals surface area (Å²) in [6.07, 6.45) is 3.78. The number of amidine groups is 1. The van der Waals surface area contributed by atoms with E-state index >= 15 is 0 Å². The summed E-state index contributed by atoms with van der Waals surface area (Å²) in [5.41, 5.74) is 1.65. The fraction of sp³-hybridized carbons (Fsp3) is 0.300. The van der Waals surface area contributed by atoms with E-state index in [4.69, 9.17) is 10.8 Å². The van der Waals surface area contributed by atoms with Crippen molar-refractivity contribution in [1.82, 2.24) is 9.88 Å². The van der Waals surface area contributed by atoms with Crippen LogP contribution in [0.4, 0.5) is 14.5 Å². The molecule has 1 fully saturated rings. The van der Waals surface area contributed by atoms with Gasteiger partial charge in [-0.15, -0.1) is 0 Å². The Morgan fingerprint density at radius 3 is 2.57 bits per heavy atom. The predicted molar refractivity (Wildman–Crippen MR) is 104 cm³/mol. The molecule has 3 rings (SSSR count). The summed E-state index contributed by atoms with van der Waals surface area (Å²) in [6.45, 7) is 1.08. The number of piperidine rings is 1. The van der Waals surface area contributed by atoms with E-state index < -0.39 is 11.8 Å². The molecule has 0 aliphatic carbocycles. The second-order valence-electron chi connectivity index (χ2n) is 6.69. The Balaban J connectivity index is 1.94. The van der Waals surface area contributed by atoms with E-state index in [0.717, 1.165) is 6.34 Å². The third kappa shape index (κ3) is 3.69. The summed E-state index contributed by atoms with van der Waals surface area (Å²) in [4.78, 5) is 7.08. The van der Waals surface area contributed by atoms with Crippen molar-refractivity contribution in [3.8, 4) is 17.2 Å². The highest BCUT2D eigenvalue weighted by molar-refractivity contribution is 5.90. The lowest BCUT2D eigenvalue weighted by Crippen LogP contribution is -2.41. The molecule has 2 aromatic rings. The van der Waals surface area contributed by atoms with Gasteiger partial charge < -0.3 is 9.80 Å². The normalized spacial score (nSPS) is 14.4. The van der Waals surface area contributed by atoms with E-state index in [-0.39, 0.29) is 11.5 Å². The molecular formula is C20H20F2N6. The molecule has 1 aliphatic heterocycles. The molecule has 6 nitrogen and oxygen atoms in total. The van der Waals surface area contributed by atoms with Crippen LogP contribution in [0.5, 0.6) is 0 Å². The zero-order valence-electron chi connectivity index (χ0n) is 15.4. The number of aromatic nitrogens is 1. The molecule has 2 N–H and O–H groups in total. The molecule has 1 aromatic carbocycles. The number of benzene rings is 1. The number of nitriles is 1. The Morgan fingerprint density at radius 2 is 2.00 bits per heavy atom. The zero-order valence-corrected chi connectivity index (χ0v) is 15.4. The van der Waals surface area contributed by atoms with Crippen LogP contribution in [0.2, 0.25) is 0 Å². The molecule has 0 bridgehead atoms. The first-order valence-electron chi connectivity index (χ1n) is 8.87. The van der Waals surface area contributed by atoms with E-state index in [1.807, 2.05) is 11.0 Å². The standard InChI is InChI=1S/C20H20F2N6/c1-27(12-24)20(25)13-6-8-28(9-7-13)19-15(3-4-17(21)16(19)10-23)14-2-5-18(22)26-11-14/h2-5,11-13,24-25H,6-9H2,1H3. The van der Waals surface area contributed by atoms with Crippen molar-refractivity contribution in [3.05, 3.63) is 47.8 Å². The Morgan fingerprint density at radius 1 is 1.29 bits per heavy atom. The van der Waals surface area contributed by atoms with Gasteiger partial charge in [0.25, 0.3) is 0 Å². The van der Waals surface area contributed by atoms with Crippen LogP contribution in [0.1, 0.15) is 18.4 Å². The Hall–Kier alpha value is -3.34. The molecule has 0 saturated carbocycles. The Labute approximate surface area is 162 Å². The number of pyridine rings is 1. The number of nitrogens with one attached hydrogen (secondary N) is 2. The maximum Gasteiger partial charge on any atom is 0.212 e. The van der Waals surface area contributed by atoms with Gasteiger partial charge in [0.1, 0.15) is 23.3 Å². The van der Waals surface area contributed by atoms with Crippen LogP contribution in [0.25, 0.3) is 11.1 Å². The SMILES string of the molecule is CN(C=N)C(=N)C1CCN(c2c(-c3ccc(F)nc3)ccc(F)c2C#N)CC1. The maximum absolute atomic E-state index is 14.3. The van der Waals surface area contributed by atoms with Gasteiger partial charge in [0.15, 0.2) is 0 Å². The highest BCUT2D eigenvalue weighted by atomic mass is 19.1. The van der Waals surface area contributed by atoms with Crippen molar-refractivity contribution in [1.29, 1.82) is 16.1 Å². The van der Waals surface area contributed by atoms with E-state index in [2.05, 4.69) is 4.98 Å². The quantitative estimate of drug-likeness (QED) is 0.480. The highest BCUT2D eigenvalue weighted by Gasteiger charge is 2.28. The van der Waals surface area contributed by atoms with Gasteiger partial charge in [-0.25, -0.2) is 9.37 Å². The Bertz CT molecular complexity index is 927. The first-order valence-corrected chi connectivity index (χ1v) is 8.87. The molecule has 0 radical (unpaired) electrons. The second kappa shape index (κ2) is 8.13. The highest BCUT2D eigenvalue weighted by Crippen LogP contribution is 2.37. The topological polar surface area (TPSA) is 90.9 Å². The van der Waals surface area contributed by atoms with Gasteiger partial charge in [0.05, 0.1) is 12.0 Å². The van der Waals surface area contributed by atoms with Crippen LogP contribution in [0.15, 0.2) is 30.5 Å². The number of nitrogens with zero attached hydrogens (tertiary/aromatic N) is 4. The van der Waals surface area contributed by atoms with Crippen molar-refractivity contribution >= 4 is 17.9 Å². The van der Waals surface area contributed by atoms with E-state index in [0.29, 0.717) is 48.6 Å². The van der Waals surface area contributed by atoms with Crippen LogP contribution in [-0.2, 0) is 0 Å². The summed E-state index contributed by atoms with van der Waals surface area (Å²) < 4.78 is 27.5. The average Bonchev–Trinajstić information content (AvgIpc) is 2.73. The van der Waals surface area contributed by atoms with Crippen LogP contribution in [0.3, 0.4) is 0 Å². The molecule has 1 aliphatic rings. The van der Waals surface area contributed by atoms with Crippen LogP contribution in [0, 0.1) is 39.8 Å². The fourth-order valence-corrected chi connectivity index (χ4v) is 3.50. The van der Waals surface area contributed by atoms with Crippen LogP contribution < -0.4 is 4.90 Å². The minimum atomic E-state index is -0.609. The Kier molecular flexibility index (Phi) is 5.64. The minimum absolute atomic E-state index is 0.00196. The molecular weight excluding hydrogens is 362 g/mol. The minimum Gasteiger partial charge on any atom is -0.370 e. The molecule has 1 aromatic heterocycles. The van der Waals surface area contributed by atoms with E-state index in [1.54, 1.807) is 19.2 Å². The molecule has 1 saturated heterocycles. The number of rotatable bonds is 4. The van der Waals surface area contributed by atoms with Crippen molar-refractivity contribution in [2.24, 2.45) is 5.92 Å². The van der Waals surface area contributed by atoms with Gasteiger partial charge >= 0.3 is 0 Å². The maximum atomic E-state index is 14.3. The van der Waals surface area contributed by atoms with Crippen molar-refractivity contribution in [3.63, 3.8) is 0 Å². The summed E-state index contributed by atoms with van der Waals surface area (Å²) >= 11 is 0. The number of anilines is 1. The van der Waals surface area contributed by atoms with E-state index in [9.17, 15) is 14.0 Å². The molecule has 28 heavy (non-hydrogen) atoms. The third-order valence-corrected chi connectivity index (χ3v) is 5.05. The first-order chi connectivity index (χ1) is 13.5. The number of halogens is 2. The summed E-state index contributed by atoms with van der Waals surface area (Å²) in [6, 6.07) is 7.56. The largest absolute Gasteiger partial charge is 0.370 e. The lowest BCUT2D eigenvalue weighted by atomic mass is 9.92. The molecule has 0 unspecified atom stereocenters. The lowest BCUT2D eigenvalue weighted by Gasteiger charge is -2.36. The van der Waals surface area contributed by atoms with E-state index in [1.165, 1.54) is 23.2 Å². The summed E-state index contributed by atoms with van der Waals surface area (Å²) in [7, 11) is 1.67. The van der Waals surface area contributed by atoms with Gasteiger partial charge in [-0.05, 0) is 37.1 Å². The number of hydrogen-bond donors (Lipinski definition) is 2. The fourth-order valence-electron chi connectivity index (χ4n) is 3.50. The lowest BCUT2D eigenvalue weighted by molar-refractivity contribution is 0.472. The van der Waals surface area contributed by atoms with Crippen molar-refractivity contribution < 1.29 is 8.78 Å². The van der Waals surface area contributed by atoms with Crippen LogP contribution >= 0.6 is 0 Å². The van der Waals surface area contributed by atoms with Crippen LogP contribution in [-0.4, -0.2) is 42.2 Å².